The molecule has 136 valence electrons. The summed E-state index contributed by atoms with van der Waals surface area (Å²) in [5.41, 5.74) is 0. The fourth-order valence-corrected chi connectivity index (χ4v) is 1.32. The lowest BCUT2D eigenvalue weighted by atomic mass is 10.1. The van der Waals surface area contributed by atoms with Crippen molar-refractivity contribution < 1.29 is 67.2 Å². The molecule has 0 saturated carbocycles. The summed E-state index contributed by atoms with van der Waals surface area (Å²) in [7, 11) is -0.110. The van der Waals surface area contributed by atoms with Crippen molar-refractivity contribution in [3.05, 3.63) is 12.0 Å². The maximum absolute atomic E-state index is 13.9. The van der Waals surface area contributed by atoms with Gasteiger partial charge in [-0.25, -0.2) is 4.74 Å². The SMILES string of the molecule is COC(F)(F)C1(F)OC(=C(F)F)OC1(F)C(F)(F)OC(F)(F)F. The van der Waals surface area contributed by atoms with Crippen LogP contribution in [0, 0.1) is 0 Å². The van der Waals surface area contributed by atoms with Crippen LogP contribution in [0.15, 0.2) is 12.0 Å². The standard InChI is InChI=1S/C8H3F11O4/c1-20-6(13,14)4(11)5(12,22-3(21-4)2(9)10)7(15,16)23-8(17,18)19/h1H3. The summed E-state index contributed by atoms with van der Waals surface area (Å²) in [5.74, 6) is -15.0. The number of ether oxygens (including phenoxy) is 4. The van der Waals surface area contributed by atoms with Crippen LogP contribution in [0.4, 0.5) is 48.3 Å². The van der Waals surface area contributed by atoms with Gasteiger partial charge in [0.1, 0.15) is 0 Å². The summed E-state index contributed by atoms with van der Waals surface area (Å²) in [4.78, 5) is 0. The fourth-order valence-electron chi connectivity index (χ4n) is 1.32. The molecule has 4 nitrogen and oxygen atoms in total. The zero-order valence-electron chi connectivity index (χ0n) is 10.3. The predicted octanol–water partition coefficient (Wildman–Crippen LogP) is 3.80. The summed E-state index contributed by atoms with van der Waals surface area (Å²) in [6.07, 6.45) is -22.2. The summed E-state index contributed by atoms with van der Waals surface area (Å²) in [6, 6.07) is 0. The first-order valence-electron chi connectivity index (χ1n) is 4.92. The lowest BCUT2D eigenvalue weighted by Gasteiger charge is -2.36. The molecular weight excluding hydrogens is 369 g/mol. The predicted molar refractivity (Wildman–Crippen MR) is 43.1 cm³/mol. The highest BCUT2D eigenvalue weighted by atomic mass is 19.4. The Morgan fingerprint density at radius 1 is 0.870 bits per heavy atom. The van der Waals surface area contributed by atoms with Gasteiger partial charge in [-0.2, -0.15) is 35.1 Å². The van der Waals surface area contributed by atoms with Crippen LogP contribution in [0.3, 0.4) is 0 Å². The second kappa shape index (κ2) is 5.25. The zero-order chi connectivity index (χ0) is 18.5. The van der Waals surface area contributed by atoms with Gasteiger partial charge in [-0.1, -0.05) is 0 Å². The molecule has 0 N–H and O–H groups in total. The highest BCUT2D eigenvalue weighted by Crippen LogP contribution is 2.59. The zero-order valence-corrected chi connectivity index (χ0v) is 10.3. The Morgan fingerprint density at radius 3 is 1.57 bits per heavy atom. The largest absolute Gasteiger partial charge is 0.527 e. The Hall–Kier alpha value is -1.51. The molecule has 1 aliphatic rings. The van der Waals surface area contributed by atoms with E-state index in [9.17, 15) is 48.3 Å². The van der Waals surface area contributed by atoms with Crippen molar-refractivity contribution in [1.29, 1.82) is 0 Å². The smallest absolute Gasteiger partial charge is 0.410 e. The number of hydrogen-bond donors (Lipinski definition) is 0. The van der Waals surface area contributed by atoms with E-state index in [1.54, 1.807) is 0 Å². The van der Waals surface area contributed by atoms with Crippen LogP contribution < -0.4 is 0 Å². The van der Waals surface area contributed by atoms with Crippen molar-refractivity contribution in [3.8, 4) is 0 Å². The molecule has 1 heterocycles. The third-order valence-corrected chi connectivity index (χ3v) is 2.28. The molecule has 0 aliphatic carbocycles. The van der Waals surface area contributed by atoms with Gasteiger partial charge in [-0.15, -0.1) is 13.2 Å². The second-order valence-corrected chi connectivity index (χ2v) is 3.73. The van der Waals surface area contributed by atoms with E-state index >= 15 is 0 Å². The summed E-state index contributed by atoms with van der Waals surface area (Å²) >= 11 is 0. The maximum Gasteiger partial charge on any atom is 0.527 e. The Kier molecular flexibility index (Phi) is 4.46. The molecule has 0 aromatic rings. The van der Waals surface area contributed by atoms with Gasteiger partial charge in [-0.05, 0) is 0 Å². The average Bonchev–Trinajstić information content (AvgIpc) is 2.62. The van der Waals surface area contributed by atoms with Crippen LogP contribution in [-0.4, -0.2) is 37.4 Å². The molecule has 2 atom stereocenters. The number of rotatable bonds is 4. The molecule has 0 amide bonds. The van der Waals surface area contributed by atoms with Crippen molar-refractivity contribution >= 4 is 0 Å². The summed E-state index contributed by atoms with van der Waals surface area (Å²) < 4.78 is 151. The molecule has 2 unspecified atom stereocenters. The molecule has 1 fully saturated rings. The number of halogens is 11. The first kappa shape index (κ1) is 19.5. The van der Waals surface area contributed by atoms with Crippen molar-refractivity contribution in [1.82, 2.24) is 0 Å². The highest BCUT2D eigenvalue weighted by molar-refractivity contribution is 5.09. The van der Waals surface area contributed by atoms with Crippen LogP contribution in [0.5, 0.6) is 0 Å². The number of alkyl halides is 9. The molecule has 15 heteroatoms. The first-order chi connectivity index (χ1) is 10.0. The second-order valence-electron chi connectivity index (χ2n) is 3.73. The molecule has 1 aliphatic heterocycles. The molecule has 0 spiro atoms. The average molecular weight is 372 g/mol. The minimum Gasteiger partial charge on any atom is -0.410 e. The van der Waals surface area contributed by atoms with E-state index in [1.807, 2.05) is 4.74 Å². The van der Waals surface area contributed by atoms with E-state index < -0.39 is 42.3 Å². The lowest BCUT2D eigenvalue weighted by Crippen LogP contribution is -2.67. The first-order valence-corrected chi connectivity index (χ1v) is 4.92. The van der Waals surface area contributed by atoms with Crippen LogP contribution in [0.25, 0.3) is 0 Å². The topological polar surface area (TPSA) is 36.9 Å². The Balaban J connectivity index is 3.52. The van der Waals surface area contributed by atoms with E-state index in [2.05, 4.69) is 14.2 Å². The van der Waals surface area contributed by atoms with E-state index in [0.29, 0.717) is 0 Å². The maximum atomic E-state index is 13.9. The van der Waals surface area contributed by atoms with Gasteiger partial charge in [0, 0.05) is 7.11 Å². The molecule has 0 aromatic heterocycles. The fraction of sp³-hybridized carbons (Fsp3) is 0.750. The molecule has 1 rings (SSSR count). The monoisotopic (exact) mass is 372 g/mol. The van der Waals surface area contributed by atoms with Gasteiger partial charge >= 0.3 is 42.3 Å². The Bertz CT molecular complexity index is 499. The van der Waals surface area contributed by atoms with Crippen molar-refractivity contribution in [3.63, 3.8) is 0 Å². The van der Waals surface area contributed by atoms with Gasteiger partial charge in [-0.3, -0.25) is 0 Å². The van der Waals surface area contributed by atoms with E-state index in [1.165, 1.54) is 0 Å². The van der Waals surface area contributed by atoms with Gasteiger partial charge in [0.05, 0.1) is 0 Å². The van der Waals surface area contributed by atoms with Crippen LogP contribution in [-0.2, 0) is 18.9 Å². The van der Waals surface area contributed by atoms with Crippen LogP contribution in [0.1, 0.15) is 0 Å². The molecule has 0 aromatic carbocycles. The van der Waals surface area contributed by atoms with E-state index in [0.717, 1.165) is 0 Å². The number of methoxy groups -OCH3 is 1. The Morgan fingerprint density at radius 2 is 1.26 bits per heavy atom. The summed E-state index contributed by atoms with van der Waals surface area (Å²) in [6.45, 7) is 0. The summed E-state index contributed by atoms with van der Waals surface area (Å²) in [5, 5.41) is 0. The van der Waals surface area contributed by atoms with Gasteiger partial charge in [0.2, 0.25) is 0 Å². The minimum atomic E-state index is -6.58. The van der Waals surface area contributed by atoms with Crippen LogP contribution in [0.2, 0.25) is 0 Å². The van der Waals surface area contributed by atoms with Gasteiger partial charge in [0.25, 0.3) is 0 Å². The van der Waals surface area contributed by atoms with Gasteiger partial charge < -0.3 is 14.2 Å². The van der Waals surface area contributed by atoms with Crippen molar-refractivity contribution in [2.24, 2.45) is 0 Å². The lowest BCUT2D eigenvalue weighted by molar-refractivity contribution is -0.510. The third-order valence-electron chi connectivity index (χ3n) is 2.28. The molecule has 0 radical (unpaired) electrons. The van der Waals surface area contributed by atoms with Crippen LogP contribution >= 0.6 is 0 Å². The molecule has 0 bridgehead atoms. The third kappa shape index (κ3) is 2.98. The minimum absolute atomic E-state index is 0.110. The Labute approximate surface area is 118 Å². The van der Waals surface area contributed by atoms with Crippen molar-refractivity contribution in [2.45, 2.75) is 30.3 Å². The van der Waals surface area contributed by atoms with Crippen molar-refractivity contribution in [2.75, 3.05) is 7.11 Å². The van der Waals surface area contributed by atoms with E-state index in [-0.39, 0.29) is 7.11 Å². The van der Waals surface area contributed by atoms with E-state index in [4.69, 9.17) is 0 Å². The quantitative estimate of drug-likeness (QED) is 0.704. The molecular formula is C8H3F11O4. The highest BCUT2D eigenvalue weighted by Gasteiger charge is 2.89. The molecule has 23 heavy (non-hydrogen) atoms. The van der Waals surface area contributed by atoms with Gasteiger partial charge in [0.15, 0.2) is 0 Å². The molecule has 1 saturated heterocycles. The normalized spacial score (nSPS) is 29.3. The number of hydrogen-bond acceptors (Lipinski definition) is 4.